The van der Waals surface area contributed by atoms with E-state index in [2.05, 4.69) is 5.32 Å². The molecule has 4 rings (SSSR count). The minimum atomic E-state index is -0.129. The third kappa shape index (κ3) is 3.22. The van der Waals surface area contributed by atoms with Crippen molar-refractivity contribution in [3.05, 3.63) is 88.2 Å². The molecule has 1 amide bonds. The van der Waals surface area contributed by atoms with Gasteiger partial charge in [0.2, 0.25) is 5.91 Å². The number of pyridine rings is 1. The predicted molar refractivity (Wildman–Crippen MR) is 110 cm³/mol. The number of carbonyl (C=O) groups is 1. The molecule has 1 aromatic heterocycles. The summed E-state index contributed by atoms with van der Waals surface area (Å²) in [6.45, 7) is 4.06. The van der Waals surface area contributed by atoms with E-state index in [9.17, 15) is 9.59 Å². The summed E-state index contributed by atoms with van der Waals surface area (Å²) in [6.07, 6.45) is 1.69. The molecule has 0 radical (unpaired) electrons. The zero-order chi connectivity index (χ0) is 19.0. The molecule has 0 spiro atoms. The number of amides is 1. The van der Waals surface area contributed by atoms with E-state index in [4.69, 9.17) is 0 Å². The summed E-state index contributed by atoms with van der Waals surface area (Å²) in [5, 5.41) is 5.76. The Labute approximate surface area is 157 Å². The highest BCUT2D eigenvalue weighted by Gasteiger charge is 2.11. The van der Waals surface area contributed by atoms with E-state index in [0.717, 1.165) is 33.1 Å². The zero-order valence-corrected chi connectivity index (χ0v) is 15.3. The van der Waals surface area contributed by atoms with Gasteiger partial charge in [0.1, 0.15) is 6.54 Å². The number of hydrogen-bond acceptors (Lipinski definition) is 2. The number of nitrogens with one attached hydrogen (secondary N) is 1. The molecule has 0 unspecified atom stereocenters. The van der Waals surface area contributed by atoms with Gasteiger partial charge in [-0.3, -0.25) is 9.59 Å². The lowest BCUT2D eigenvalue weighted by molar-refractivity contribution is -0.116. The number of aryl methyl sites for hydroxylation is 2. The van der Waals surface area contributed by atoms with Crippen molar-refractivity contribution in [1.29, 1.82) is 0 Å². The summed E-state index contributed by atoms with van der Waals surface area (Å²) in [5.74, 6) is -0.129. The van der Waals surface area contributed by atoms with Crippen LogP contribution in [0, 0.1) is 13.8 Å². The number of nitrogens with zero attached hydrogens (tertiary/aromatic N) is 1. The Bertz CT molecular complexity index is 1230. The van der Waals surface area contributed by atoms with Crippen molar-refractivity contribution in [2.24, 2.45) is 0 Å². The lowest BCUT2D eigenvalue weighted by atomic mass is 10.1. The predicted octanol–water partition coefficient (Wildman–Crippen LogP) is 4.41. The minimum absolute atomic E-state index is 0.0202. The summed E-state index contributed by atoms with van der Waals surface area (Å²) < 4.78 is 1.83. The van der Waals surface area contributed by atoms with E-state index in [1.54, 1.807) is 6.20 Å². The van der Waals surface area contributed by atoms with E-state index in [1.807, 2.05) is 73.0 Å². The molecule has 4 heteroatoms. The Hall–Kier alpha value is -3.40. The van der Waals surface area contributed by atoms with Crippen LogP contribution >= 0.6 is 0 Å². The lowest BCUT2D eigenvalue weighted by Gasteiger charge is -2.14. The second kappa shape index (κ2) is 6.72. The summed E-state index contributed by atoms with van der Waals surface area (Å²) in [5.41, 5.74) is 3.55. The van der Waals surface area contributed by atoms with Gasteiger partial charge in [-0.1, -0.05) is 42.5 Å². The normalized spacial score (nSPS) is 11.0. The van der Waals surface area contributed by atoms with E-state index in [-0.39, 0.29) is 17.9 Å². The average Bonchev–Trinajstić information content (AvgIpc) is 2.64. The van der Waals surface area contributed by atoms with E-state index in [1.165, 1.54) is 6.07 Å². The number of benzene rings is 3. The Balaban J connectivity index is 1.69. The highest BCUT2D eigenvalue weighted by Crippen LogP contribution is 2.23. The fourth-order valence-electron chi connectivity index (χ4n) is 3.63. The summed E-state index contributed by atoms with van der Waals surface area (Å²) in [4.78, 5) is 25.0. The molecule has 4 aromatic rings. The molecule has 0 aliphatic heterocycles. The topological polar surface area (TPSA) is 51.1 Å². The van der Waals surface area contributed by atoms with Gasteiger partial charge in [-0.05, 0) is 42.5 Å². The Morgan fingerprint density at radius 2 is 1.78 bits per heavy atom. The fraction of sp³-hybridized carbons (Fsp3) is 0.130. The molecule has 27 heavy (non-hydrogen) atoms. The van der Waals surface area contributed by atoms with Crippen molar-refractivity contribution in [3.8, 4) is 0 Å². The first-order chi connectivity index (χ1) is 13.0. The third-order valence-electron chi connectivity index (χ3n) is 4.80. The molecule has 1 N–H and O–H groups in total. The van der Waals surface area contributed by atoms with Gasteiger partial charge in [0.25, 0.3) is 0 Å². The monoisotopic (exact) mass is 356 g/mol. The molecule has 0 bridgehead atoms. The average molecular weight is 356 g/mol. The van der Waals surface area contributed by atoms with E-state index < -0.39 is 0 Å². The van der Waals surface area contributed by atoms with Gasteiger partial charge in [0.05, 0.1) is 5.52 Å². The highest BCUT2D eigenvalue weighted by molar-refractivity contribution is 6.02. The first-order valence-electron chi connectivity index (χ1n) is 8.91. The Morgan fingerprint density at radius 1 is 1.00 bits per heavy atom. The van der Waals surface area contributed by atoms with Crippen molar-refractivity contribution < 1.29 is 4.79 Å². The van der Waals surface area contributed by atoms with Gasteiger partial charge < -0.3 is 9.88 Å². The number of carbonyl (C=O) groups excluding carboxylic acids is 1. The number of hydrogen-bond donors (Lipinski definition) is 1. The van der Waals surface area contributed by atoms with Crippen LogP contribution in [0.2, 0.25) is 0 Å². The van der Waals surface area contributed by atoms with Crippen LogP contribution in [0.4, 0.5) is 5.69 Å². The van der Waals surface area contributed by atoms with Gasteiger partial charge in [0, 0.05) is 28.7 Å². The minimum Gasteiger partial charge on any atom is -0.338 e. The molecule has 134 valence electrons. The molecule has 0 aliphatic rings. The van der Waals surface area contributed by atoms with Crippen LogP contribution < -0.4 is 10.7 Å². The van der Waals surface area contributed by atoms with Crippen LogP contribution in [0.3, 0.4) is 0 Å². The largest absolute Gasteiger partial charge is 0.338 e. The van der Waals surface area contributed by atoms with Crippen molar-refractivity contribution in [2.75, 3.05) is 5.32 Å². The summed E-state index contributed by atoms with van der Waals surface area (Å²) in [7, 11) is 0. The van der Waals surface area contributed by atoms with E-state index >= 15 is 0 Å². The maximum atomic E-state index is 12.7. The smallest absolute Gasteiger partial charge is 0.244 e. The second-order valence-corrected chi connectivity index (χ2v) is 6.86. The molecule has 0 saturated carbocycles. The molecule has 1 heterocycles. The first-order valence-corrected chi connectivity index (χ1v) is 8.91. The van der Waals surface area contributed by atoms with Gasteiger partial charge in [0.15, 0.2) is 5.43 Å². The van der Waals surface area contributed by atoms with Crippen LogP contribution in [0.5, 0.6) is 0 Å². The standard InChI is InChI=1S/C23H20N2O2/c1-15-12-16(2)23-20(13-15)25(11-10-21(23)26)14-22(27)24-19-9-5-7-17-6-3-4-8-18(17)19/h3-13H,14H2,1-2H3,(H,24,27). The van der Waals surface area contributed by atoms with Crippen molar-refractivity contribution >= 4 is 33.3 Å². The molecular weight excluding hydrogens is 336 g/mol. The lowest BCUT2D eigenvalue weighted by Crippen LogP contribution is -2.20. The second-order valence-electron chi connectivity index (χ2n) is 6.86. The van der Waals surface area contributed by atoms with Gasteiger partial charge >= 0.3 is 0 Å². The van der Waals surface area contributed by atoms with Crippen LogP contribution in [0.1, 0.15) is 11.1 Å². The molecule has 4 nitrogen and oxygen atoms in total. The Morgan fingerprint density at radius 3 is 2.63 bits per heavy atom. The van der Waals surface area contributed by atoms with Crippen LogP contribution in [-0.4, -0.2) is 10.5 Å². The SMILES string of the molecule is Cc1cc(C)c2c(=O)ccn(CC(=O)Nc3cccc4ccccc34)c2c1. The zero-order valence-electron chi connectivity index (χ0n) is 15.3. The third-order valence-corrected chi connectivity index (χ3v) is 4.80. The molecule has 0 aliphatic carbocycles. The highest BCUT2D eigenvalue weighted by atomic mass is 16.2. The van der Waals surface area contributed by atoms with Crippen molar-refractivity contribution in [1.82, 2.24) is 4.57 Å². The molecule has 0 atom stereocenters. The number of anilines is 1. The van der Waals surface area contributed by atoms with Crippen molar-refractivity contribution in [2.45, 2.75) is 20.4 Å². The van der Waals surface area contributed by atoms with Crippen LogP contribution in [0.25, 0.3) is 21.7 Å². The van der Waals surface area contributed by atoms with Gasteiger partial charge in [-0.2, -0.15) is 0 Å². The van der Waals surface area contributed by atoms with Crippen LogP contribution in [-0.2, 0) is 11.3 Å². The fourth-order valence-corrected chi connectivity index (χ4v) is 3.63. The maximum Gasteiger partial charge on any atom is 0.244 e. The molecular formula is C23H20N2O2. The first kappa shape index (κ1) is 17.0. The molecule has 0 saturated heterocycles. The summed E-state index contributed by atoms with van der Waals surface area (Å²) >= 11 is 0. The molecule has 0 fully saturated rings. The molecule has 3 aromatic carbocycles. The van der Waals surface area contributed by atoms with Crippen molar-refractivity contribution in [3.63, 3.8) is 0 Å². The number of aromatic nitrogens is 1. The maximum absolute atomic E-state index is 12.7. The van der Waals surface area contributed by atoms with Gasteiger partial charge in [-0.15, -0.1) is 0 Å². The number of fused-ring (bicyclic) bond motifs is 2. The summed E-state index contributed by atoms with van der Waals surface area (Å²) in [6, 6.07) is 19.3. The number of rotatable bonds is 3. The van der Waals surface area contributed by atoms with Gasteiger partial charge in [-0.25, -0.2) is 0 Å². The van der Waals surface area contributed by atoms with Crippen LogP contribution in [0.15, 0.2) is 71.7 Å². The Kier molecular flexibility index (Phi) is 4.24. The quantitative estimate of drug-likeness (QED) is 0.591. The van der Waals surface area contributed by atoms with E-state index in [0.29, 0.717) is 5.39 Å².